The molecule has 0 bridgehead atoms. The fourth-order valence-electron chi connectivity index (χ4n) is 14.4. The molecule has 0 saturated heterocycles. The Bertz CT molecular complexity index is 5120. The van der Waals surface area contributed by atoms with Gasteiger partial charge in [0.05, 0.1) is 132 Å². The summed E-state index contributed by atoms with van der Waals surface area (Å²) < 4.78 is 136. The molecule has 0 aromatic heterocycles. The highest BCUT2D eigenvalue weighted by atomic mass is 35.5. The molecule has 8 aromatic rings. The highest BCUT2D eigenvalue weighted by molar-refractivity contribution is 7.91. The van der Waals surface area contributed by atoms with Crippen LogP contribution in [0.1, 0.15) is 92.7 Å². The maximum absolute atomic E-state index is 13.1. The zero-order chi connectivity index (χ0) is 92.6. The number of nitriles is 1. The number of carbonyl (C=O) groups excluding carboxylic acids is 3. The molecule has 0 saturated carbocycles. The monoisotopic (exact) mass is 1950 g/mol. The first-order valence-corrected chi connectivity index (χ1v) is 48.8. The van der Waals surface area contributed by atoms with Gasteiger partial charge in [0, 0.05) is 145 Å². The summed E-state index contributed by atoms with van der Waals surface area (Å²) in [7, 11) is -4.77. The molecule has 3 aliphatic rings. The zero-order valence-electron chi connectivity index (χ0n) is 72.1. The van der Waals surface area contributed by atoms with Gasteiger partial charge in [0.1, 0.15) is 11.5 Å². The largest absolute Gasteiger partial charge is 0.388 e. The number of rotatable bonds is 50. The first-order valence-electron chi connectivity index (χ1n) is 41.9. The Hall–Kier alpha value is -7.64. The van der Waals surface area contributed by atoms with E-state index >= 15 is 0 Å². The van der Waals surface area contributed by atoms with Gasteiger partial charge in [-0.05, 0) is 199 Å². The zero-order valence-corrected chi connectivity index (χ0v) is 79.1. The lowest BCUT2D eigenvalue weighted by atomic mass is 9.85. The topological polar surface area (TPSA) is 366 Å². The Morgan fingerprint density at radius 3 is 1.21 bits per heavy atom. The van der Waals surface area contributed by atoms with Crippen LogP contribution in [-0.4, -0.2) is 249 Å². The van der Waals surface area contributed by atoms with Gasteiger partial charge in [0.15, 0.2) is 9.84 Å². The van der Waals surface area contributed by atoms with Gasteiger partial charge in [0.2, 0.25) is 26.1 Å². The lowest BCUT2D eigenvalue weighted by Crippen LogP contribution is -2.31. The van der Waals surface area contributed by atoms with E-state index in [9.17, 15) is 39.6 Å². The van der Waals surface area contributed by atoms with E-state index in [1.54, 1.807) is 103 Å². The van der Waals surface area contributed by atoms with Crippen LogP contribution in [0.2, 0.25) is 30.1 Å². The van der Waals surface area contributed by atoms with Crippen molar-refractivity contribution >= 4 is 129 Å². The molecule has 0 spiro atoms. The fourth-order valence-corrected chi connectivity index (χ4v) is 19.4. The molecular weight excluding hydrogens is 1850 g/mol. The van der Waals surface area contributed by atoms with Gasteiger partial charge in [-0.3, -0.25) is 4.79 Å². The molecule has 3 atom stereocenters. The van der Waals surface area contributed by atoms with E-state index in [-0.39, 0.29) is 102 Å². The number of sulfone groups is 1. The van der Waals surface area contributed by atoms with Gasteiger partial charge in [-0.1, -0.05) is 118 Å². The summed E-state index contributed by atoms with van der Waals surface area (Å²) in [5, 5.41) is 17.3. The number of Topliss-reactive ketones (excluding diaryl/α,β-unsaturated/α-hetero) is 1. The molecule has 29 nitrogen and oxygen atoms in total. The fraction of sp³-hybridized carbons (Fsp3) is 0.429. The highest BCUT2D eigenvalue weighted by Gasteiger charge is 2.32. The van der Waals surface area contributed by atoms with Crippen LogP contribution in [0.5, 0.6) is 5.75 Å². The third-order valence-electron chi connectivity index (χ3n) is 20.6. The SMILES string of the molecule is CN1Cc2c(Cl)cc(Cl)cc2[C@H](c2ccc(S(=O)(=O)CCCOCCOCCOCCCC(=O)Cc3ccc(NC(=O)NCCOCCOCCOCCNS(=O)(=O)c4ccc([C@@H]5CN(C)Cc6c(Cl)cc(Cl)cc65)cc4)cc3)cc2)C1.CN1Cc2c(Cl)cc(Cl)cc2[C@H](c2ccc(S(=O)(=O)NCCOCCOCCOCCN)cc2)C1.N#COc1ccc(N=C=O)cc1. The maximum Gasteiger partial charge on any atom is 0.319 e. The van der Waals surface area contributed by atoms with E-state index in [0.717, 1.165) is 88.4 Å². The number of isocyanates is 1. The van der Waals surface area contributed by atoms with Crippen molar-refractivity contribution in [3.05, 3.63) is 243 Å². The average Bonchev–Trinajstić information content (AvgIpc) is 0.782. The number of fused-ring (bicyclic) bond motifs is 3. The van der Waals surface area contributed by atoms with E-state index in [0.29, 0.717) is 172 Å². The number of amides is 2. The van der Waals surface area contributed by atoms with Crippen molar-refractivity contribution in [2.45, 2.75) is 77.8 Å². The molecule has 0 radical (unpaired) electrons. The number of nitrogens with zero attached hydrogens (tertiary/aromatic N) is 5. The molecule has 11 rings (SSSR count). The molecule has 3 aliphatic heterocycles. The van der Waals surface area contributed by atoms with E-state index in [1.165, 1.54) is 12.3 Å². The summed E-state index contributed by atoms with van der Waals surface area (Å²) in [6, 6.07) is 44.9. The van der Waals surface area contributed by atoms with Crippen LogP contribution in [0.3, 0.4) is 0 Å². The number of aliphatic imine (C=N–C) groups is 1. The molecule has 0 fully saturated rings. The third-order valence-corrected chi connectivity index (χ3v) is 27.1. The van der Waals surface area contributed by atoms with Crippen LogP contribution in [0.4, 0.5) is 16.2 Å². The minimum absolute atomic E-state index is 0.00323. The summed E-state index contributed by atoms with van der Waals surface area (Å²) in [4.78, 5) is 45.3. The first kappa shape index (κ1) is 105. The third kappa shape index (κ3) is 35.4. The quantitative estimate of drug-likeness (QED) is 0.0102. The smallest absolute Gasteiger partial charge is 0.319 e. The summed E-state index contributed by atoms with van der Waals surface area (Å²) in [5.41, 5.74) is 16.5. The molecular formula is C91H110Cl6N10O19S3. The Morgan fingerprint density at radius 1 is 0.457 bits per heavy atom. The van der Waals surface area contributed by atoms with Gasteiger partial charge in [-0.15, -0.1) is 5.26 Å². The summed E-state index contributed by atoms with van der Waals surface area (Å²) in [6.45, 7) is 11.8. The molecule has 6 N–H and O–H groups in total. The summed E-state index contributed by atoms with van der Waals surface area (Å²) in [6.07, 6.45) is 4.51. The van der Waals surface area contributed by atoms with Gasteiger partial charge in [-0.2, -0.15) is 4.99 Å². The first-order chi connectivity index (χ1) is 62.1. The summed E-state index contributed by atoms with van der Waals surface area (Å²) >= 11 is 38.4. The normalized spacial score (nSPS) is 15.2. The Labute approximate surface area is 785 Å². The van der Waals surface area contributed by atoms with Crippen LogP contribution >= 0.6 is 69.6 Å². The molecule has 0 aliphatic carbocycles. The van der Waals surface area contributed by atoms with Crippen LogP contribution in [-0.2, 0) is 108 Å². The van der Waals surface area contributed by atoms with E-state index < -0.39 is 29.9 Å². The Morgan fingerprint density at radius 2 is 0.822 bits per heavy atom. The summed E-state index contributed by atoms with van der Waals surface area (Å²) in [5.74, 6) is 0.549. The lowest BCUT2D eigenvalue weighted by Gasteiger charge is -2.33. The van der Waals surface area contributed by atoms with Crippen molar-refractivity contribution in [1.29, 1.82) is 5.26 Å². The van der Waals surface area contributed by atoms with E-state index in [2.05, 4.69) is 44.5 Å². The lowest BCUT2D eigenvalue weighted by molar-refractivity contribution is -0.118. The van der Waals surface area contributed by atoms with Crippen molar-refractivity contribution in [2.75, 3.05) is 197 Å². The minimum Gasteiger partial charge on any atom is -0.388 e. The number of nitrogens with one attached hydrogen (secondary N) is 4. The molecule has 38 heteroatoms. The van der Waals surface area contributed by atoms with Crippen LogP contribution in [0, 0.1) is 11.5 Å². The minimum atomic E-state index is -3.74. The number of halogens is 6. The van der Waals surface area contributed by atoms with Gasteiger partial charge in [0.25, 0.3) is 6.26 Å². The predicted octanol–water partition coefficient (Wildman–Crippen LogP) is 13.8. The predicted molar refractivity (Wildman–Crippen MR) is 499 cm³/mol. The molecule has 8 aromatic carbocycles. The average molecular weight is 1960 g/mol. The Kier molecular flexibility index (Phi) is 44.9. The van der Waals surface area contributed by atoms with Crippen LogP contribution in [0.15, 0.2) is 177 Å². The van der Waals surface area contributed by atoms with Crippen LogP contribution < -0.4 is 30.5 Å². The standard InChI is InChI=1S/C59H73Cl4N5O12S2.C24H33Cl2N3O5S.C8H4N2O2/c1-67-38-53(51-34-45(60)36-57(62)55(51)40-67)43-8-14-49(15-9-43)81(71,72)32-4-21-76-25-29-79-28-24-75-20-3-5-48(69)33-42-6-12-47(13-7-42)66-59(70)64-18-22-77-26-30-80-31-27-78-23-19-65-82(73,74)50-16-10-44(11-17-50)54-39-68(2)41-56-52(54)35-46(61)37-58(56)63;1-29-16-22(21-14-19(25)15-24(26)23(21)17-29)18-2-4-20(5-3-18)35(30,31)28-7-9-33-11-13-34-12-10-32-8-6-27;9-5-12-8-3-1-7(2-4-8)10-6-11/h6-17,34-37,53-54,65H,3-5,18-33,38-41H2,1-2H3,(H2,64,66,70);2-5,14-15,22,28H,6-13,16-17,27H2,1H3;1-4H/t53-,54-;22-;/m00./s1. The number of carbonyl (C=O) groups is 2. The van der Waals surface area contributed by atoms with Crippen molar-refractivity contribution in [1.82, 2.24) is 29.5 Å². The maximum atomic E-state index is 13.1. The van der Waals surface area contributed by atoms with Gasteiger partial charge >= 0.3 is 6.03 Å². The van der Waals surface area contributed by atoms with E-state index in [1.807, 2.05) is 75.7 Å². The molecule has 698 valence electrons. The van der Waals surface area contributed by atoms with E-state index in [4.69, 9.17) is 123 Å². The van der Waals surface area contributed by atoms with Crippen molar-refractivity contribution < 1.29 is 87.0 Å². The number of likely N-dealkylation sites (N-methyl/N-ethyl adjacent to an activating group) is 3. The second-order valence-electron chi connectivity index (χ2n) is 30.4. The molecule has 3 heterocycles. The molecule has 0 unspecified atom stereocenters. The van der Waals surface area contributed by atoms with Crippen molar-refractivity contribution in [2.24, 2.45) is 10.7 Å². The Balaban J connectivity index is 0.000000324. The number of hydrogen-bond donors (Lipinski definition) is 5. The van der Waals surface area contributed by atoms with Crippen molar-refractivity contribution in [3.8, 4) is 12.0 Å². The van der Waals surface area contributed by atoms with Crippen LogP contribution in [0.25, 0.3) is 0 Å². The molecule has 2 amide bonds. The number of anilines is 1. The second-order valence-corrected chi connectivity index (χ2v) is 38.6. The molecule has 129 heavy (non-hydrogen) atoms. The second kappa shape index (κ2) is 55.1. The number of ether oxygens (including phenoxy) is 10. The number of benzene rings is 8. The van der Waals surface area contributed by atoms with Crippen molar-refractivity contribution in [3.63, 3.8) is 0 Å². The van der Waals surface area contributed by atoms with Gasteiger partial charge < -0.3 is 78.4 Å². The number of hydrogen-bond acceptors (Lipinski definition) is 25. The highest BCUT2D eigenvalue weighted by Crippen LogP contribution is 2.42. The number of urea groups is 1. The van der Waals surface area contributed by atoms with Gasteiger partial charge in [-0.25, -0.2) is 44.3 Å². The number of ketones is 1. The number of sulfonamides is 2. The number of nitrogens with two attached hydrogens (primary N) is 1.